The summed E-state index contributed by atoms with van der Waals surface area (Å²) in [6.45, 7) is 2.81. The van der Waals surface area contributed by atoms with E-state index < -0.39 is 86.8 Å². The molecular formula is C75H137NO13. The number of amides is 1. The Labute approximate surface area is 543 Å². The molecule has 2 heterocycles. The normalized spacial score (nSPS) is 23.3. The summed E-state index contributed by atoms with van der Waals surface area (Å²) in [5, 5.41) is 87.4. The average molecular weight is 1260 g/mol. The summed E-state index contributed by atoms with van der Waals surface area (Å²) in [7, 11) is 0. The Morgan fingerprint density at radius 3 is 1.18 bits per heavy atom. The van der Waals surface area contributed by atoms with Gasteiger partial charge in [0.1, 0.15) is 48.8 Å². The minimum Gasteiger partial charge on any atom is -0.394 e. The number of unbranched alkanes of at least 4 members (excludes halogenated alkanes) is 40. The number of hydrogen-bond acceptors (Lipinski definition) is 13. The lowest BCUT2D eigenvalue weighted by molar-refractivity contribution is -0.359. The molecule has 89 heavy (non-hydrogen) atoms. The molecule has 2 rings (SSSR count). The summed E-state index contributed by atoms with van der Waals surface area (Å²) in [5.74, 6) is -0.245. The highest BCUT2D eigenvalue weighted by molar-refractivity contribution is 5.76. The number of hydrogen-bond donors (Lipinski definition) is 9. The van der Waals surface area contributed by atoms with Gasteiger partial charge in [0.2, 0.25) is 5.91 Å². The standard InChI is InChI=1S/C75H137NO13/c1-3-5-7-9-11-13-15-17-19-21-23-25-26-27-28-29-30-31-32-33-34-35-36-37-38-39-41-43-45-47-49-51-53-55-57-59-67(80)76-63(64(79)58-56-54-52-50-48-46-44-42-40-24-22-20-18-16-14-12-10-8-6-4-2)62-86-74-72(85)70(83)73(66(61-78)88-74)89-75-71(84)69(82)68(81)65(60-77)87-75/h15,17,21,23,26-27,48,50,56,58,63-66,68-75,77-79,81-85H,3-14,16,18-20,22,24-25,28-47,49,51-55,57,59-62H2,1-2H3,(H,76,80)/b17-15-,23-21-,27-26-,50-48+,58-56+. The predicted octanol–water partition coefficient (Wildman–Crippen LogP) is 15.6. The fourth-order valence-electron chi connectivity index (χ4n) is 12.0. The predicted molar refractivity (Wildman–Crippen MR) is 364 cm³/mol. The van der Waals surface area contributed by atoms with E-state index in [1.54, 1.807) is 6.08 Å². The average Bonchev–Trinajstić information content (AvgIpc) is 3.62. The van der Waals surface area contributed by atoms with Crippen LogP contribution in [0, 0.1) is 0 Å². The summed E-state index contributed by atoms with van der Waals surface area (Å²) >= 11 is 0. The third-order valence-corrected chi connectivity index (χ3v) is 17.9. The number of carbonyl (C=O) groups excluding carboxylic acids is 1. The van der Waals surface area contributed by atoms with E-state index >= 15 is 0 Å². The zero-order chi connectivity index (χ0) is 64.5. The van der Waals surface area contributed by atoms with Crippen molar-refractivity contribution < 1.29 is 64.6 Å². The molecular weight excluding hydrogens is 1120 g/mol. The monoisotopic (exact) mass is 1260 g/mol. The number of allylic oxidation sites excluding steroid dienone is 9. The lowest BCUT2D eigenvalue weighted by Gasteiger charge is -2.46. The van der Waals surface area contributed by atoms with Crippen molar-refractivity contribution in [3.05, 3.63) is 60.8 Å². The third-order valence-electron chi connectivity index (χ3n) is 17.9. The number of carbonyl (C=O) groups is 1. The van der Waals surface area contributed by atoms with E-state index in [0.717, 1.165) is 44.9 Å². The van der Waals surface area contributed by atoms with Gasteiger partial charge in [-0.3, -0.25) is 4.79 Å². The molecule has 1 amide bonds. The summed E-state index contributed by atoms with van der Waals surface area (Å²) in [6, 6.07) is -0.933. The molecule has 2 saturated heterocycles. The first kappa shape index (κ1) is 82.8. The maximum Gasteiger partial charge on any atom is 0.220 e. The van der Waals surface area contributed by atoms with Crippen LogP contribution in [-0.2, 0) is 23.7 Å². The Kier molecular flexibility index (Phi) is 55.3. The Hall–Kier alpha value is -2.31. The maximum atomic E-state index is 13.3. The van der Waals surface area contributed by atoms with Gasteiger partial charge >= 0.3 is 0 Å². The molecule has 2 fully saturated rings. The fraction of sp³-hybridized carbons (Fsp3) is 0.853. The minimum atomic E-state index is -1.79. The van der Waals surface area contributed by atoms with E-state index in [1.165, 1.54) is 238 Å². The van der Waals surface area contributed by atoms with Crippen LogP contribution in [0.25, 0.3) is 0 Å². The maximum absolute atomic E-state index is 13.3. The van der Waals surface area contributed by atoms with Crippen molar-refractivity contribution in [3.8, 4) is 0 Å². The van der Waals surface area contributed by atoms with Gasteiger partial charge in [0.25, 0.3) is 0 Å². The zero-order valence-electron chi connectivity index (χ0n) is 56.7. The molecule has 520 valence electrons. The van der Waals surface area contributed by atoms with Gasteiger partial charge in [0, 0.05) is 6.42 Å². The van der Waals surface area contributed by atoms with Crippen LogP contribution in [0.3, 0.4) is 0 Å². The highest BCUT2D eigenvalue weighted by Crippen LogP contribution is 2.30. The molecule has 2 aliphatic heterocycles. The van der Waals surface area contributed by atoms with Gasteiger partial charge < -0.3 is 65.1 Å². The smallest absolute Gasteiger partial charge is 0.220 e. The van der Waals surface area contributed by atoms with Crippen LogP contribution in [0.5, 0.6) is 0 Å². The van der Waals surface area contributed by atoms with Crippen LogP contribution in [0.15, 0.2) is 60.8 Å². The number of aliphatic hydroxyl groups is 8. The highest BCUT2D eigenvalue weighted by Gasteiger charge is 2.51. The van der Waals surface area contributed by atoms with E-state index in [4.69, 9.17) is 18.9 Å². The molecule has 12 atom stereocenters. The summed E-state index contributed by atoms with van der Waals surface area (Å²) in [6.07, 6.45) is 62.9. The molecule has 9 N–H and O–H groups in total. The SMILES string of the molecule is CCCCCCC/C=C\C/C=C\C/C=C\CCCCCCCCCCCCCCCCCCCCCCC(=O)NC(COC1OC(CO)C(OC2OC(CO)C(O)C(O)C2O)C(O)C1O)C(O)/C=C/CC/C=C/CCCCCCCCCCCCCCCC. The topological polar surface area (TPSA) is 228 Å². The molecule has 12 unspecified atom stereocenters. The van der Waals surface area contributed by atoms with Gasteiger partial charge in [-0.05, 0) is 70.6 Å². The Morgan fingerprint density at radius 1 is 0.404 bits per heavy atom. The van der Waals surface area contributed by atoms with Crippen molar-refractivity contribution >= 4 is 5.91 Å². The van der Waals surface area contributed by atoms with Crippen LogP contribution >= 0.6 is 0 Å². The van der Waals surface area contributed by atoms with Crippen molar-refractivity contribution in [1.29, 1.82) is 0 Å². The van der Waals surface area contributed by atoms with Crippen molar-refractivity contribution in [3.63, 3.8) is 0 Å². The molecule has 0 radical (unpaired) electrons. The fourth-order valence-corrected chi connectivity index (χ4v) is 12.0. The minimum absolute atomic E-state index is 0.245. The van der Waals surface area contributed by atoms with E-state index in [1.807, 2.05) is 6.08 Å². The summed E-state index contributed by atoms with van der Waals surface area (Å²) in [5.41, 5.74) is 0. The lowest BCUT2D eigenvalue weighted by atomic mass is 9.97. The number of rotatable bonds is 61. The second-order valence-electron chi connectivity index (χ2n) is 26.1. The highest BCUT2D eigenvalue weighted by atomic mass is 16.7. The van der Waals surface area contributed by atoms with Crippen LogP contribution in [0.1, 0.15) is 316 Å². The lowest BCUT2D eigenvalue weighted by Crippen LogP contribution is -2.65. The van der Waals surface area contributed by atoms with Crippen molar-refractivity contribution in [2.75, 3.05) is 19.8 Å². The van der Waals surface area contributed by atoms with E-state index in [9.17, 15) is 45.6 Å². The summed E-state index contributed by atoms with van der Waals surface area (Å²) < 4.78 is 22.9. The third kappa shape index (κ3) is 43.3. The molecule has 2 aliphatic rings. The molecule has 0 bridgehead atoms. The van der Waals surface area contributed by atoms with Gasteiger partial charge in [-0.15, -0.1) is 0 Å². The molecule has 0 aromatic heterocycles. The zero-order valence-corrected chi connectivity index (χ0v) is 56.7. The Balaban J connectivity index is 1.63. The number of ether oxygens (including phenoxy) is 4. The molecule has 14 nitrogen and oxygen atoms in total. The Bertz CT molecular complexity index is 1720. The van der Waals surface area contributed by atoms with Crippen LogP contribution < -0.4 is 5.32 Å². The van der Waals surface area contributed by atoms with Gasteiger partial charge in [-0.1, -0.05) is 299 Å². The Morgan fingerprint density at radius 2 is 0.753 bits per heavy atom. The first-order valence-corrected chi connectivity index (χ1v) is 37.0. The second-order valence-corrected chi connectivity index (χ2v) is 26.1. The first-order valence-electron chi connectivity index (χ1n) is 37.0. The van der Waals surface area contributed by atoms with Gasteiger partial charge in [-0.25, -0.2) is 0 Å². The number of nitrogens with one attached hydrogen (secondary N) is 1. The van der Waals surface area contributed by atoms with Crippen molar-refractivity contribution in [2.24, 2.45) is 0 Å². The largest absolute Gasteiger partial charge is 0.394 e. The first-order chi connectivity index (χ1) is 43.6. The van der Waals surface area contributed by atoms with Gasteiger partial charge in [0.05, 0.1) is 32.0 Å². The van der Waals surface area contributed by atoms with Gasteiger partial charge in [0.15, 0.2) is 12.6 Å². The second kappa shape index (κ2) is 59.4. The van der Waals surface area contributed by atoms with E-state index in [0.29, 0.717) is 12.8 Å². The van der Waals surface area contributed by atoms with Crippen LogP contribution in [-0.4, -0.2) is 140 Å². The van der Waals surface area contributed by atoms with Crippen molar-refractivity contribution in [2.45, 2.75) is 389 Å². The number of aliphatic hydroxyl groups excluding tert-OH is 8. The van der Waals surface area contributed by atoms with Gasteiger partial charge in [-0.2, -0.15) is 0 Å². The molecule has 0 saturated carbocycles. The molecule has 14 heteroatoms. The molecule has 0 aliphatic carbocycles. The van der Waals surface area contributed by atoms with Crippen LogP contribution in [0.2, 0.25) is 0 Å². The summed E-state index contributed by atoms with van der Waals surface area (Å²) in [4.78, 5) is 13.3. The van der Waals surface area contributed by atoms with Crippen molar-refractivity contribution in [1.82, 2.24) is 5.32 Å². The van der Waals surface area contributed by atoms with E-state index in [2.05, 4.69) is 67.8 Å². The quantitative estimate of drug-likeness (QED) is 0.0204. The molecule has 0 aromatic carbocycles. The van der Waals surface area contributed by atoms with E-state index in [-0.39, 0.29) is 18.9 Å². The molecule has 0 aromatic rings. The van der Waals surface area contributed by atoms with Crippen LogP contribution in [0.4, 0.5) is 0 Å². The molecule has 0 spiro atoms.